The van der Waals surface area contributed by atoms with Crippen LogP contribution in [0.15, 0.2) is 0 Å². The first-order chi connectivity index (χ1) is 9.23. The van der Waals surface area contributed by atoms with Crippen LogP contribution in [0.25, 0.3) is 0 Å². The third-order valence-corrected chi connectivity index (χ3v) is 3.72. The fraction of sp³-hybridized carbons (Fsp3) is 0.769. The van der Waals surface area contributed by atoms with Crippen molar-refractivity contribution >= 4 is 11.5 Å². The third kappa shape index (κ3) is 2.63. The fourth-order valence-corrected chi connectivity index (χ4v) is 2.84. The molecule has 112 valence electrons. The summed E-state index contributed by atoms with van der Waals surface area (Å²) in [5.74, 6) is 0.485. The SMILES string of the molecule is CC(C)c1nn(C)c(N2CCCC(C)(O)C2)c1[N+](=O)[O-]. The molecule has 0 bridgehead atoms. The van der Waals surface area contributed by atoms with E-state index >= 15 is 0 Å². The van der Waals surface area contributed by atoms with Gasteiger partial charge in [0.2, 0.25) is 5.82 Å². The van der Waals surface area contributed by atoms with Crippen LogP contribution in [-0.4, -0.2) is 38.5 Å². The Balaban J connectivity index is 2.48. The molecule has 0 amide bonds. The molecule has 2 rings (SSSR count). The molecule has 1 saturated heterocycles. The number of anilines is 1. The molecule has 20 heavy (non-hydrogen) atoms. The number of piperidine rings is 1. The van der Waals surface area contributed by atoms with Crippen LogP contribution in [0.2, 0.25) is 0 Å². The second-order valence-electron chi connectivity index (χ2n) is 6.11. The molecule has 1 unspecified atom stereocenters. The van der Waals surface area contributed by atoms with Crippen molar-refractivity contribution in [1.82, 2.24) is 9.78 Å². The van der Waals surface area contributed by atoms with Crippen LogP contribution in [0.4, 0.5) is 11.5 Å². The lowest BCUT2D eigenvalue weighted by Crippen LogP contribution is -2.47. The van der Waals surface area contributed by atoms with Gasteiger partial charge in [0, 0.05) is 26.1 Å². The number of hydrogen-bond acceptors (Lipinski definition) is 5. The van der Waals surface area contributed by atoms with Crippen LogP contribution in [-0.2, 0) is 7.05 Å². The van der Waals surface area contributed by atoms with Crippen molar-refractivity contribution in [1.29, 1.82) is 0 Å². The lowest BCUT2D eigenvalue weighted by atomic mass is 9.95. The van der Waals surface area contributed by atoms with E-state index < -0.39 is 5.60 Å². The maximum atomic E-state index is 11.4. The summed E-state index contributed by atoms with van der Waals surface area (Å²) in [7, 11) is 1.72. The van der Waals surface area contributed by atoms with Crippen LogP contribution >= 0.6 is 0 Å². The molecule has 0 spiro atoms. The number of aliphatic hydroxyl groups is 1. The highest BCUT2D eigenvalue weighted by atomic mass is 16.6. The minimum absolute atomic E-state index is 0.0133. The van der Waals surface area contributed by atoms with Gasteiger partial charge in [0.05, 0.1) is 10.5 Å². The van der Waals surface area contributed by atoms with Gasteiger partial charge >= 0.3 is 5.69 Å². The number of nitro groups is 1. The van der Waals surface area contributed by atoms with Gasteiger partial charge in [0.1, 0.15) is 5.69 Å². The summed E-state index contributed by atoms with van der Waals surface area (Å²) in [6.07, 6.45) is 1.53. The Labute approximate surface area is 118 Å². The van der Waals surface area contributed by atoms with Crippen molar-refractivity contribution < 1.29 is 10.0 Å². The molecule has 1 fully saturated rings. The van der Waals surface area contributed by atoms with Gasteiger partial charge in [0.15, 0.2) is 0 Å². The molecule has 2 heterocycles. The smallest absolute Gasteiger partial charge is 0.334 e. The number of aromatic nitrogens is 2. The van der Waals surface area contributed by atoms with Crippen molar-refractivity contribution in [2.75, 3.05) is 18.0 Å². The van der Waals surface area contributed by atoms with Gasteiger partial charge in [-0.25, -0.2) is 4.68 Å². The van der Waals surface area contributed by atoms with E-state index in [4.69, 9.17) is 0 Å². The Morgan fingerprint density at radius 3 is 2.65 bits per heavy atom. The van der Waals surface area contributed by atoms with E-state index in [1.165, 1.54) is 0 Å². The molecule has 0 saturated carbocycles. The molecular formula is C13H22N4O3. The third-order valence-electron chi connectivity index (χ3n) is 3.72. The first-order valence-electron chi connectivity index (χ1n) is 6.91. The lowest BCUT2D eigenvalue weighted by molar-refractivity contribution is -0.385. The Kier molecular flexibility index (Phi) is 3.73. The first-order valence-corrected chi connectivity index (χ1v) is 6.91. The van der Waals surface area contributed by atoms with Crippen LogP contribution in [0.3, 0.4) is 0 Å². The lowest BCUT2D eigenvalue weighted by Gasteiger charge is -2.37. The van der Waals surface area contributed by atoms with Gasteiger partial charge in [-0.3, -0.25) is 10.1 Å². The zero-order valence-electron chi connectivity index (χ0n) is 12.5. The number of β-amino-alcohol motifs (C(OH)–C–C–N with tert-alkyl or cyclic N) is 1. The largest absolute Gasteiger partial charge is 0.388 e. The average molecular weight is 282 g/mol. The fourth-order valence-electron chi connectivity index (χ4n) is 2.84. The van der Waals surface area contributed by atoms with E-state index in [9.17, 15) is 15.2 Å². The van der Waals surface area contributed by atoms with Crippen LogP contribution in [0, 0.1) is 10.1 Å². The van der Waals surface area contributed by atoms with Crippen LogP contribution < -0.4 is 4.90 Å². The highest BCUT2D eigenvalue weighted by molar-refractivity contribution is 5.62. The average Bonchev–Trinajstić information content (AvgIpc) is 2.65. The number of aryl methyl sites for hydroxylation is 1. The normalized spacial score (nSPS) is 23.4. The first kappa shape index (κ1) is 14.8. The summed E-state index contributed by atoms with van der Waals surface area (Å²) in [6.45, 7) is 6.65. The predicted molar refractivity (Wildman–Crippen MR) is 76.0 cm³/mol. The highest BCUT2D eigenvalue weighted by Crippen LogP contribution is 2.37. The molecule has 0 aromatic carbocycles. The molecule has 0 radical (unpaired) electrons. The molecular weight excluding hydrogens is 260 g/mol. The van der Waals surface area contributed by atoms with Crippen LogP contribution in [0.1, 0.15) is 45.2 Å². The monoisotopic (exact) mass is 282 g/mol. The van der Waals surface area contributed by atoms with Gasteiger partial charge in [-0.1, -0.05) is 13.8 Å². The molecule has 1 aliphatic rings. The van der Waals surface area contributed by atoms with Gasteiger partial charge < -0.3 is 10.0 Å². The second-order valence-corrected chi connectivity index (χ2v) is 6.11. The van der Waals surface area contributed by atoms with E-state index in [-0.39, 0.29) is 16.5 Å². The molecule has 1 aromatic rings. The minimum atomic E-state index is -0.811. The van der Waals surface area contributed by atoms with E-state index in [0.29, 0.717) is 31.0 Å². The van der Waals surface area contributed by atoms with Crippen molar-refractivity contribution in [2.45, 2.75) is 45.1 Å². The van der Waals surface area contributed by atoms with Crippen molar-refractivity contribution in [3.63, 3.8) is 0 Å². The van der Waals surface area contributed by atoms with Crippen molar-refractivity contribution in [3.8, 4) is 0 Å². The number of hydrogen-bond donors (Lipinski definition) is 1. The molecule has 1 aromatic heterocycles. The molecule has 1 N–H and O–H groups in total. The van der Waals surface area contributed by atoms with Crippen molar-refractivity contribution in [3.05, 3.63) is 15.8 Å². The quantitative estimate of drug-likeness (QED) is 0.675. The van der Waals surface area contributed by atoms with E-state index in [2.05, 4.69) is 5.10 Å². The summed E-state index contributed by atoms with van der Waals surface area (Å²) in [6, 6.07) is 0. The Bertz CT molecular complexity index is 522. The zero-order valence-corrected chi connectivity index (χ0v) is 12.5. The predicted octanol–water partition coefficient (Wildman–Crippen LogP) is 1.80. The van der Waals surface area contributed by atoms with Gasteiger partial charge in [0.25, 0.3) is 0 Å². The maximum absolute atomic E-state index is 11.4. The zero-order chi connectivity index (χ0) is 15.1. The molecule has 1 atom stereocenters. The minimum Gasteiger partial charge on any atom is -0.388 e. The van der Waals surface area contributed by atoms with Crippen molar-refractivity contribution in [2.24, 2.45) is 7.05 Å². The second kappa shape index (κ2) is 5.05. The topological polar surface area (TPSA) is 84.4 Å². The molecule has 7 nitrogen and oxygen atoms in total. The van der Waals surface area contributed by atoms with Gasteiger partial charge in [-0.05, 0) is 19.8 Å². The summed E-state index contributed by atoms with van der Waals surface area (Å²) in [5, 5.41) is 25.9. The molecule has 7 heteroatoms. The molecule has 1 aliphatic heterocycles. The Hall–Kier alpha value is -1.63. The Morgan fingerprint density at radius 2 is 2.15 bits per heavy atom. The van der Waals surface area contributed by atoms with E-state index in [1.54, 1.807) is 18.7 Å². The van der Waals surface area contributed by atoms with Gasteiger partial charge in [-0.2, -0.15) is 5.10 Å². The van der Waals surface area contributed by atoms with E-state index in [0.717, 1.165) is 6.42 Å². The summed E-state index contributed by atoms with van der Waals surface area (Å²) < 4.78 is 1.56. The highest BCUT2D eigenvalue weighted by Gasteiger charge is 2.36. The summed E-state index contributed by atoms with van der Waals surface area (Å²) in [5.41, 5.74) is -0.244. The van der Waals surface area contributed by atoms with Gasteiger partial charge in [-0.15, -0.1) is 0 Å². The summed E-state index contributed by atoms with van der Waals surface area (Å²) >= 11 is 0. The van der Waals surface area contributed by atoms with Crippen LogP contribution in [0.5, 0.6) is 0 Å². The standard InChI is InChI=1S/C13H22N4O3/c1-9(2)10-11(17(19)20)12(15(4)14-10)16-7-5-6-13(3,18)8-16/h9,18H,5-8H2,1-4H3. The molecule has 0 aliphatic carbocycles. The number of nitrogens with zero attached hydrogens (tertiary/aromatic N) is 4. The Morgan fingerprint density at radius 1 is 1.50 bits per heavy atom. The maximum Gasteiger partial charge on any atom is 0.334 e. The van der Waals surface area contributed by atoms with E-state index in [1.807, 2.05) is 18.7 Å². The number of rotatable bonds is 3. The summed E-state index contributed by atoms with van der Waals surface area (Å²) in [4.78, 5) is 12.9.